The minimum atomic E-state index is 0.310. The van der Waals surface area contributed by atoms with Crippen LogP contribution in [0.1, 0.15) is 12.0 Å². The van der Waals surface area contributed by atoms with E-state index in [1.807, 2.05) is 25.1 Å². The summed E-state index contributed by atoms with van der Waals surface area (Å²) >= 11 is 6.02. The number of nitrogens with zero attached hydrogens (tertiary/aromatic N) is 1. The van der Waals surface area contributed by atoms with E-state index in [0.29, 0.717) is 18.7 Å². The standard InChI is InChI=1S/C11H12ClNO/c1-8-10(12)3-2-4-11(8)13-6-5-9(14)7-13/h2-4H,5-7H2,1H3. The van der Waals surface area contributed by atoms with Gasteiger partial charge in [0, 0.05) is 23.7 Å². The summed E-state index contributed by atoms with van der Waals surface area (Å²) < 4.78 is 0. The van der Waals surface area contributed by atoms with Gasteiger partial charge >= 0.3 is 0 Å². The van der Waals surface area contributed by atoms with Gasteiger partial charge in [0.1, 0.15) is 0 Å². The van der Waals surface area contributed by atoms with Gasteiger partial charge in [-0.25, -0.2) is 0 Å². The van der Waals surface area contributed by atoms with Gasteiger partial charge in [0.25, 0.3) is 0 Å². The zero-order valence-electron chi connectivity index (χ0n) is 8.09. The van der Waals surface area contributed by atoms with Crippen molar-refractivity contribution in [3.8, 4) is 0 Å². The lowest BCUT2D eigenvalue weighted by Gasteiger charge is -2.19. The van der Waals surface area contributed by atoms with E-state index in [4.69, 9.17) is 11.6 Å². The summed E-state index contributed by atoms with van der Waals surface area (Å²) in [6.45, 7) is 3.33. The van der Waals surface area contributed by atoms with Gasteiger partial charge in [-0.05, 0) is 24.6 Å². The van der Waals surface area contributed by atoms with Crippen LogP contribution in [-0.2, 0) is 4.79 Å². The molecule has 2 rings (SSSR count). The lowest BCUT2D eigenvalue weighted by atomic mass is 10.2. The molecule has 0 N–H and O–H groups in total. The second kappa shape index (κ2) is 3.62. The zero-order chi connectivity index (χ0) is 10.1. The van der Waals surface area contributed by atoms with Crippen molar-refractivity contribution in [2.75, 3.05) is 18.0 Å². The Hall–Kier alpha value is -1.02. The fourth-order valence-electron chi connectivity index (χ4n) is 1.77. The van der Waals surface area contributed by atoms with Crippen molar-refractivity contribution in [3.63, 3.8) is 0 Å². The van der Waals surface area contributed by atoms with Gasteiger partial charge in [0.05, 0.1) is 6.54 Å². The Morgan fingerprint density at radius 3 is 2.86 bits per heavy atom. The minimum absolute atomic E-state index is 0.310. The predicted molar refractivity (Wildman–Crippen MR) is 58.0 cm³/mol. The van der Waals surface area contributed by atoms with Crippen LogP contribution >= 0.6 is 11.6 Å². The van der Waals surface area contributed by atoms with Gasteiger partial charge in [0.2, 0.25) is 0 Å². The molecule has 0 aromatic heterocycles. The smallest absolute Gasteiger partial charge is 0.153 e. The molecule has 1 heterocycles. The van der Waals surface area contributed by atoms with Crippen LogP contribution in [0, 0.1) is 6.92 Å². The van der Waals surface area contributed by atoms with Crippen molar-refractivity contribution in [2.45, 2.75) is 13.3 Å². The van der Waals surface area contributed by atoms with Crippen molar-refractivity contribution in [3.05, 3.63) is 28.8 Å². The van der Waals surface area contributed by atoms with Crippen LogP contribution in [0.25, 0.3) is 0 Å². The molecule has 0 unspecified atom stereocenters. The number of hydrogen-bond acceptors (Lipinski definition) is 2. The van der Waals surface area contributed by atoms with Gasteiger partial charge < -0.3 is 4.90 Å². The molecule has 1 aliphatic heterocycles. The first-order chi connectivity index (χ1) is 6.68. The van der Waals surface area contributed by atoms with Gasteiger partial charge in [-0.1, -0.05) is 17.7 Å². The third-order valence-electron chi connectivity index (χ3n) is 2.61. The van der Waals surface area contributed by atoms with Crippen LogP contribution in [0.2, 0.25) is 5.02 Å². The van der Waals surface area contributed by atoms with E-state index in [0.717, 1.165) is 22.8 Å². The Kier molecular flexibility index (Phi) is 2.46. The molecule has 1 fully saturated rings. The number of halogens is 1. The van der Waals surface area contributed by atoms with Crippen LogP contribution < -0.4 is 4.90 Å². The number of rotatable bonds is 1. The number of Topliss-reactive ketones (excluding diaryl/α,β-unsaturated/α-hetero) is 1. The fraction of sp³-hybridized carbons (Fsp3) is 0.364. The van der Waals surface area contributed by atoms with Crippen LogP contribution in [0.3, 0.4) is 0 Å². The third kappa shape index (κ3) is 1.62. The molecule has 14 heavy (non-hydrogen) atoms. The predicted octanol–water partition coefficient (Wildman–Crippen LogP) is 2.43. The summed E-state index contributed by atoms with van der Waals surface area (Å²) in [7, 11) is 0. The van der Waals surface area contributed by atoms with E-state index in [1.54, 1.807) is 0 Å². The first kappa shape index (κ1) is 9.53. The summed E-state index contributed by atoms with van der Waals surface area (Å²) in [5.74, 6) is 0.310. The Bertz CT molecular complexity index is 376. The first-order valence-electron chi connectivity index (χ1n) is 4.70. The summed E-state index contributed by atoms with van der Waals surface area (Å²) in [6, 6.07) is 5.81. The highest BCUT2D eigenvalue weighted by Crippen LogP contribution is 2.28. The van der Waals surface area contributed by atoms with Crippen molar-refractivity contribution >= 4 is 23.1 Å². The van der Waals surface area contributed by atoms with Gasteiger partial charge in [-0.15, -0.1) is 0 Å². The molecule has 0 aliphatic carbocycles. The average molecular weight is 210 g/mol. The molecular weight excluding hydrogens is 198 g/mol. The van der Waals surface area contributed by atoms with Crippen LogP contribution in [0.5, 0.6) is 0 Å². The van der Waals surface area contributed by atoms with E-state index in [2.05, 4.69) is 4.90 Å². The molecule has 0 amide bonds. The molecule has 0 bridgehead atoms. The molecular formula is C11H12ClNO. The minimum Gasteiger partial charge on any atom is -0.364 e. The van der Waals surface area contributed by atoms with Crippen molar-refractivity contribution < 1.29 is 4.79 Å². The Labute approximate surface area is 88.5 Å². The van der Waals surface area contributed by atoms with Crippen molar-refractivity contribution in [1.82, 2.24) is 0 Å². The van der Waals surface area contributed by atoms with Gasteiger partial charge in [-0.3, -0.25) is 4.79 Å². The van der Waals surface area contributed by atoms with E-state index >= 15 is 0 Å². The van der Waals surface area contributed by atoms with Crippen LogP contribution in [0.4, 0.5) is 5.69 Å². The average Bonchev–Trinajstić information content (AvgIpc) is 2.57. The monoisotopic (exact) mass is 209 g/mol. The van der Waals surface area contributed by atoms with E-state index in [9.17, 15) is 4.79 Å². The second-order valence-corrected chi connectivity index (χ2v) is 4.00. The van der Waals surface area contributed by atoms with Crippen LogP contribution in [-0.4, -0.2) is 18.9 Å². The molecule has 3 heteroatoms. The fourth-order valence-corrected chi connectivity index (χ4v) is 1.94. The number of ketones is 1. The van der Waals surface area contributed by atoms with Crippen molar-refractivity contribution in [2.24, 2.45) is 0 Å². The Balaban J connectivity index is 2.32. The summed E-state index contributed by atoms with van der Waals surface area (Å²) in [5, 5.41) is 0.766. The molecule has 2 nitrogen and oxygen atoms in total. The van der Waals surface area contributed by atoms with E-state index in [-0.39, 0.29) is 0 Å². The lowest BCUT2D eigenvalue weighted by molar-refractivity contribution is -0.116. The molecule has 1 saturated heterocycles. The largest absolute Gasteiger partial charge is 0.364 e. The number of carbonyl (C=O) groups excluding carboxylic acids is 1. The SMILES string of the molecule is Cc1c(Cl)cccc1N1CCC(=O)C1. The third-order valence-corrected chi connectivity index (χ3v) is 3.02. The van der Waals surface area contributed by atoms with Crippen LogP contribution in [0.15, 0.2) is 18.2 Å². The summed E-state index contributed by atoms with van der Waals surface area (Å²) in [5.41, 5.74) is 2.15. The van der Waals surface area contributed by atoms with E-state index in [1.165, 1.54) is 0 Å². The topological polar surface area (TPSA) is 20.3 Å². The zero-order valence-corrected chi connectivity index (χ0v) is 8.84. The molecule has 1 aromatic carbocycles. The molecule has 0 spiro atoms. The van der Waals surface area contributed by atoms with E-state index < -0.39 is 0 Å². The maximum atomic E-state index is 11.1. The molecule has 0 atom stereocenters. The maximum absolute atomic E-state index is 11.1. The normalized spacial score (nSPS) is 16.4. The van der Waals surface area contributed by atoms with Gasteiger partial charge in [0.15, 0.2) is 5.78 Å². The molecule has 0 radical (unpaired) electrons. The Morgan fingerprint density at radius 2 is 2.21 bits per heavy atom. The number of anilines is 1. The van der Waals surface area contributed by atoms with Crippen molar-refractivity contribution in [1.29, 1.82) is 0 Å². The summed E-state index contributed by atoms with van der Waals surface area (Å²) in [4.78, 5) is 13.2. The highest BCUT2D eigenvalue weighted by molar-refractivity contribution is 6.31. The van der Waals surface area contributed by atoms with Gasteiger partial charge in [-0.2, -0.15) is 0 Å². The quantitative estimate of drug-likeness (QED) is 0.708. The molecule has 1 aromatic rings. The lowest BCUT2D eigenvalue weighted by Crippen LogP contribution is -2.20. The first-order valence-corrected chi connectivity index (χ1v) is 5.08. The molecule has 74 valence electrons. The Morgan fingerprint density at radius 1 is 1.43 bits per heavy atom. The summed E-state index contributed by atoms with van der Waals surface area (Å²) in [6.07, 6.45) is 0.659. The number of hydrogen-bond donors (Lipinski definition) is 0. The number of carbonyl (C=O) groups is 1. The molecule has 1 aliphatic rings. The highest BCUT2D eigenvalue weighted by atomic mass is 35.5. The second-order valence-electron chi connectivity index (χ2n) is 3.59. The number of benzene rings is 1. The molecule has 0 saturated carbocycles. The maximum Gasteiger partial charge on any atom is 0.153 e. The highest BCUT2D eigenvalue weighted by Gasteiger charge is 2.20.